The second-order valence-electron chi connectivity index (χ2n) is 5.73. The van der Waals surface area contributed by atoms with Crippen LogP contribution in [0.5, 0.6) is 11.8 Å². The Morgan fingerprint density at radius 2 is 1.29 bits per heavy atom. The van der Waals surface area contributed by atoms with E-state index in [9.17, 15) is 0 Å². The molecular weight excluding hydrogens is 288 g/mol. The molecule has 0 fully saturated rings. The van der Waals surface area contributed by atoms with Crippen molar-refractivity contribution in [2.75, 3.05) is 0 Å². The monoisotopic (exact) mass is 306 g/mol. The molecule has 0 amide bonds. The Morgan fingerprint density at radius 3 is 1.67 bits per heavy atom. The quantitative estimate of drug-likeness (QED) is 0.613. The van der Waals surface area contributed by atoms with Crippen LogP contribution in [0.3, 0.4) is 0 Å². The van der Waals surface area contributed by atoms with Crippen LogP contribution in [0.4, 0.5) is 0 Å². The first kappa shape index (κ1) is 12.5. The second kappa shape index (κ2) is 3.30. The van der Waals surface area contributed by atoms with E-state index in [1.165, 1.54) is 0 Å². The zero-order valence-corrected chi connectivity index (χ0v) is 13.1. The van der Waals surface area contributed by atoms with Crippen molar-refractivity contribution in [3.63, 3.8) is 0 Å². The van der Waals surface area contributed by atoms with E-state index in [4.69, 9.17) is 17.9 Å². The van der Waals surface area contributed by atoms with Crippen molar-refractivity contribution in [3.8, 4) is 11.8 Å². The molecule has 4 rings (SSSR count). The van der Waals surface area contributed by atoms with Crippen LogP contribution in [0.2, 0.25) is 12.1 Å². The van der Waals surface area contributed by atoms with E-state index < -0.39 is 7.60 Å². The molecule has 0 saturated heterocycles. The Morgan fingerprint density at radius 1 is 0.810 bits per heavy atom. The van der Waals surface area contributed by atoms with Crippen molar-refractivity contribution in [1.29, 1.82) is 0 Å². The van der Waals surface area contributed by atoms with Gasteiger partial charge in [0.1, 0.15) is 0 Å². The molecular formula is C14H18N2O4Si. The van der Waals surface area contributed by atoms with Gasteiger partial charge in [-0.15, -0.1) is 0 Å². The molecule has 0 saturated carbocycles. The van der Waals surface area contributed by atoms with Gasteiger partial charge >= 0.3 is 121 Å². The molecule has 0 atom stereocenters. The average molecular weight is 306 g/mol. The van der Waals surface area contributed by atoms with E-state index >= 15 is 0 Å². The van der Waals surface area contributed by atoms with Crippen LogP contribution in [-0.2, 0) is 0 Å². The van der Waals surface area contributed by atoms with Gasteiger partial charge in [0.2, 0.25) is 0 Å². The predicted octanol–water partition coefficient (Wildman–Crippen LogP) is 0.987. The molecule has 0 N–H and O–H groups in total. The number of rotatable bonds is 2. The summed E-state index contributed by atoms with van der Waals surface area (Å²) < 4.78 is 28.5. The van der Waals surface area contributed by atoms with Crippen molar-refractivity contribution in [2.24, 2.45) is 0 Å². The van der Waals surface area contributed by atoms with Gasteiger partial charge < -0.3 is 0 Å². The van der Waals surface area contributed by atoms with Crippen LogP contribution in [0, 0.1) is 0 Å². The minimum atomic E-state index is -4.67. The normalized spacial score (nSPS) is 24.7. The van der Waals surface area contributed by atoms with Crippen LogP contribution in [-0.4, -0.2) is 7.60 Å². The maximum atomic E-state index is 6.34. The minimum absolute atomic E-state index is 0.495. The van der Waals surface area contributed by atoms with E-state index in [2.05, 4.69) is 0 Å². The number of pyridine rings is 2. The van der Waals surface area contributed by atoms with Crippen molar-refractivity contribution >= 4 is 7.60 Å². The van der Waals surface area contributed by atoms with E-state index in [0.29, 0.717) is 23.8 Å². The van der Waals surface area contributed by atoms with Crippen LogP contribution in [0.15, 0.2) is 48.8 Å². The molecule has 0 unspecified atom stereocenters. The number of nitrogens with zero attached hydrogens (tertiary/aromatic N) is 2. The zero-order valence-electron chi connectivity index (χ0n) is 12.1. The maximum absolute atomic E-state index is 6.34. The Kier molecular flexibility index (Phi) is 1.96. The first-order valence-corrected chi connectivity index (χ1v) is 10.3. The van der Waals surface area contributed by atoms with Gasteiger partial charge in [0, 0.05) is 0 Å². The predicted molar refractivity (Wildman–Crippen MR) is 74.4 cm³/mol. The summed E-state index contributed by atoms with van der Waals surface area (Å²) >= 11 is 0. The average Bonchev–Trinajstić information content (AvgIpc) is 3.00. The molecule has 0 aromatic carbocycles. The molecule has 0 aliphatic carbocycles. The standard InChI is InChI=1S/C14H18N2O4Si/c1-3-21(4-2,17-13-9-5-7-11-15(13)19-21)18-14-10-6-8-12-16(14)20-21/h5-12H,3-4H2,1-2H3. The molecule has 4 heterocycles. The first-order valence-electron chi connectivity index (χ1n) is 7.25. The second-order valence-corrected chi connectivity index (χ2v) is 11.7. The molecule has 2 aliphatic heterocycles. The summed E-state index contributed by atoms with van der Waals surface area (Å²) in [5, 5.41) is 0. The molecule has 112 valence electrons. The fourth-order valence-corrected chi connectivity index (χ4v) is 7.69. The number of fused-ring (bicyclic) bond motifs is 2. The van der Waals surface area contributed by atoms with Crippen molar-refractivity contribution in [3.05, 3.63) is 48.8 Å². The van der Waals surface area contributed by atoms with Crippen LogP contribution < -0.4 is 27.4 Å². The van der Waals surface area contributed by atoms with Gasteiger partial charge in [0.15, 0.2) is 0 Å². The summed E-state index contributed by atoms with van der Waals surface area (Å²) in [5.74, 6) is 1.19. The van der Waals surface area contributed by atoms with E-state index in [-0.39, 0.29) is 0 Å². The SMILES string of the molecule is CC[Si-2]12(CC)(Oc3cccc[n+]3O1)Oc1cccc[n+]1O2. The summed E-state index contributed by atoms with van der Waals surface area (Å²) in [5.41, 5.74) is 0. The number of aromatic nitrogens is 2. The van der Waals surface area contributed by atoms with Crippen LogP contribution in [0.1, 0.15) is 13.8 Å². The van der Waals surface area contributed by atoms with Gasteiger partial charge in [-0.3, -0.25) is 0 Å². The molecule has 6 nitrogen and oxygen atoms in total. The summed E-state index contributed by atoms with van der Waals surface area (Å²) in [6.07, 6.45) is 3.60. The van der Waals surface area contributed by atoms with Crippen LogP contribution in [0.25, 0.3) is 0 Å². The topological polar surface area (TPSA) is 44.7 Å². The summed E-state index contributed by atoms with van der Waals surface area (Å²) in [4.78, 5) is 0. The Labute approximate surface area is 122 Å². The molecule has 21 heavy (non-hydrogen) atoms. The molecule has 2 aromatic heterocycles. The number of hydrogen-bond donors (Lipinski definition) is 0. The fraction of sp³-hybridized carbons (Fsp3) is 0.286. The Hall–Kier alpha value is -2.28. The molecule has 0 bridgehead atoms. The molecule has 2 aliphatic rings. The zero-order chi connectivity index (χ0) is 14.6. The molecule has 0 radical (unpaired) electrons. The molecule has 2 aromatic rings. The van der Waals surface area contributed by atoms with Crippen LogP contribution >= 0.6 is 0 Å². The van der Waals surface area contributed by atoms with Gasteiger partial charge in [-0.2, -0.15) is 0 Å². The summed E-state index contributed by atoms with van der Waals surface area (Å²) in [6.45, 7) is 3.96. The fourth-order valence-electron chi connectivity index (χ4n) is 3.11. The summed E-state index contributed by atoms with van der Waals surface area (Å²) in [7, 11) is -4.67. The van der Waals surface area contributed by atoms with E-state index in [0.717, 1.165) is 0 Å². The van der Waals surface area contributed by atoms with E-state index in [1.807, 2.05) is 50.2 Å². The third kappa shape index (κ3) is 1.31. The van der Waals surface area contributed by atoms with Gasteiger partial charge in [-0.05, 0) is 0 Å². The summed E-state index contributed by atoms with van der Waals surface area (Å²) in [6, 6.07) is 12.2. The van der Waals surface area contributed by atoms with Gasteiger partial charge in [-0.25, -0.2) is 0 Å². The van der Waals surface area contributed by atoms with Crippen molar-refractivity contribution < 1.29 is 27.4 Å². The Bertz CT molecular complexity index is 637. The third-order valence-electron chi connectivity index (χ3n) is 4.66. The van der Waals surface area contributed by atoms with Gasteiger partial charge in [0.05, 0.1) is 0 Å². The first-order chi connectivity index (χ1) is 10.1. The molecule has 7 heteroatoms. The molecule has 1 spiro atoms. The Balaban J connectivity index is 1.95. The third-order valence-corrected chi connectivity index (χ3v) is 10.8. The van der Waals surface area contributed by atoms with Crippen molar-refractivity contribution in [2.45, 2.75) is 25.9 Å². The van der Waals surface area contributed by atoms with Gasteiger partial charge in [0.25, 0.3) is 0 Å². The van der Waals surface area contributed by atoms with E-state index in [1.54, 1.807) is 21.9 Å². The van der Waals surface area contributed by atoms with Crippen molar-refractivity contribution in [1.82, 2.24) is 0 Å². The van der Waals surface area contributed by atoms with Gasteiger partial charge in [-0.1, -0.05) is 0 Å². The number of hydrogen-bond acceptors (Lipinski definition) is 4.